The van der Waals surface area contributed by atoms with E-state index in [1.165, 1.54) is 0 Å². The number of unbranched alkanes of at least 4 members (excludes halogenated alkanes) is 6. The van der Waals surface area contributed by atoms with Gasteiger partial charge in [-0.15, -0.1) is 0 Å². The molecule has 2 aliphatic rings. The molecule has 2 fully saturated rings. The van der Waals surface area contributed by atoms with E-state index in [1.807, 2.05) is 31.2 Å². The number of hydrogen-bond acceptors (Lipinski definition) is 12. The molecule has 0 radical (unpaired) electrons. The van der Waals surface area contributed by atoms with Crippen molar-refractivity contribution < 1.29 is 87.9 Å². The fraction of sp³-hybridized carbons (Fsp3) is 0.667. The van der Waals surface area contributed by atoms with Gasteiger partial charge in [0.2, 0.25) is 12.1 Å². The predicted molar refractivity (Wildman–Crippen MR) is 263 cm³/mol. The number of carboxylic acid groups (broad SMARTS) is 7. The Bertz CT molecular complexity index is 2050. The second-order valence-electron chi connectivity index (χ2n) is 19.2. The van der Waals surface area contributed by atoms with Gasteiger partial charge in [0.05, 0.1) is 32.2 Å². The van der Waals surface area contributed by atoms with Crippen LogP contribution >= 0.6 is 12.2 Å². The molecule has 24 heteroatoms. The number of fused-ring (bicyclic) bond motifs is 2. The number of nitrogens with one attached hydrogen (secondary N) is 3. The van der Waals surface area contributed by atoms with Crippen LogP contribution in [-0.2, 0) is 51.2 Å². The number of carbonyl (C=O) groups excluding carboxylic acids is 2. The number of aliphatic carboxylic acids is 7. The lowest BCUT2D eigenvalue weighted by molar-refractivity contribution is -1.07. The number of benzene rings is 1. The summed E-state index contributed by atoms with van der Waals surface area (Å²) in [6.07, 6.45) is 7.01. The Balaban J connectivity index is 1.44. The number of carbonyl (C=O) groups is 9. The second-order valence-corrected chi connectivity index (χ2v) is 19.8. The lowest BCUT2D eigenvalue weighted by Gasteiger charge is -2.44. The minimum atomic E-state index is -1.50. The normalized spacial score (nSPS) is 21.3. The summed E-state index contributed by atoms with van der Waals surface area (Å²) < 4.78 is 0.146. The number of nitrogens with zero attached hydrogens (tertiary/aromatic N) is 4. The molecule has 0 aromatic heterocycles. The number of quaternary nitrogens is 2. The van der Waals surface area contributed by atoms with Crippen LogP contribution in [0.2, 0.25) is 0 Å². The molecule has 3 amide bonds. The Hall–Kier alpha value is -5.82. The van der Waals surface area contributed by atoms with Gasteiger partial charge in [-0.3, -0.25) is 37.9 Å². The molecule has 23 nitrogen and oxygen atoms in total. The van der Waals surface area contributed by atoms with Crippen molar-refractivity contribution in [3.05, 3.63) is 35.4 Å². The average Bonchev–Trinajstić information content (AvgIpc) is 3.53. The van der Waals surface area contributed by atoms with Crippen molar-refractivity contribution in [2.75, 3.05) is 78.5 Å². The number of carboxylic acids is 7. The third-order valence-electron chi connectivity index (χ3n) is 13.9. The highest BCUT2D eigenvalue weighted by molar-refractivity contribution is 7.80. The zero-order valence-corrected chi connectivity index (χ0v) is 42.0. The molecular formula is C48H75N7O16S+2. The summed E-state index contributed by atoms with van der Waals surface area (Å²) in [5.41, 5.74) is 1.92. The average molecular weight is 1040 g/mol. The summed E-state index contributed by atoms with van der Waals surface area (Å²) in [7, 11) is 0. The van der Waals surface area contributed by atoms with Crippen molar-refractivity contribution in [3.8, 4) is 0 Å². The van der Waals surface area contributed by atoms with Crippen molar-refractivity contribution in [1.82, 2.24) is 25.8 Å². The molecule has 0 aliphatic carbocycles. The monoisotopic (exact) mass is 1040 g/mol. The van der Waals surface area contributed by atoms with Gasteiger partial charge in [0.1, 0.15) is 25.2 Å². The molecule has 2 heterocycles. The number of rotatable bonds is 33. The van der Waals surface area contributed by atoms with Crippen LogP contribution in [-0.4, -0.2) is 216 Å². The first-order chi connectivity index (χ1) is 34.0. The molecule has 402 valence electrons. The van der Waals surface area contributed by atoms with E-state index in [2.05, 4.69) is 16.0 Å². The zero-order chi connectivity index (χ0) is 53.4. The van der Waals surface area contributed by atoms with Crippen molar-refractivity contribution >= 4 is 70.8 Å². The number of urea groups is 1. The molecule has 1 aromatic carbocycles. The zero-order valence-electron chi connectivity index (χ0n) is 41.2. The summed E-state index contributed by atoms with van der Waals surface area (Å²) in [6, 6.07) is 3.60. The van der Waals surface area contributed by atoms with Gasteiger partial charge in [0, 0.05) is 52.4 Å². The van der Waals surface area contributed by atoms with Gasteiger partial charge in [-0.25, -0.2) is 24.0 Å². The van der Waals surface area contributed by atoms with Gasteiger partial charge in [0.25, 0.3) is 0 Å². The standard InChI is InChI=1S/C48H73N7O16S/c1-33-54(31-44(63)64)23-22-52(28-42(59)60)20-21-53(29-43(61)62)36(30-55(33,25-24-54)32-45(65)66)26-34-13-15-35(16-14-34)27-37(72)10-6-4-2-3-5-7-12-40(56)49-19-9-8-11-38(46(67)68)50-48(71)51-39(47(69)70)17-18-41(57)58/h13-16,33,36,38-39H,2-12,17-32H2,1H3,(H8-2,49,50,51,56,57,58,59,60,61,62,63,64,65,66,67,68,69,70,71)/p+2/t33?,36?,38-,39-,54?,55?/m0/s1. The van der Waals surface area contributed by atoms with E-state index in [0.29, 0.717) is 64.7 Å². The second kappa shape index (κ2) is 30.3. The van der Waals surface area contributed by atoms with Crippen LogP contribution in [0.5, 0.6) is 0 Å². The van der Waals surface area contributed by atoms with E-state index < -0.39 is 78.5 Å². The Morgan fingerprint density at radius 2 is 1.17 bits per heavy atom. The summed E-state index contributed by atoms with van der Waals surface area (Å²) in [5.74, 6) is -8.34. The lowest BCUT2D eigenvalue weighted by atomic mass is 9.99. The highest BCUT2D eigenvalue weighted by Crippen LogP contribution is 2.34. The number of amides is 3. The highest BCUT2D eigenvalue weighted by Gasteiger charge is 2.58. The van der Waals surface area contributed by atoms with Crippen LogP contribution in [0.1, 0.15) is 102 Å². The fourth-order valence-corrected chi connectivity index (χ4v) is 10.2. The summed E-state index contributed by atoms with van der Waals surface area (Å²) in [6.45, 7) is 3.02. The molecule has 0 spiro atoms. The first-order valence-electron chi connectivity index (χ1n) is 24.7. The van der Waals surface area contributed by atoms with E-state index in [4.69, 9.17) is 17.3 Å². The summed E-state index contributed by atoms with van der Waals surface area (Å²) in [5, 5.41) is 74.5. The molecule has 4 unspecified atom stereocenters. The SMILES string of the molecule is CC1[N+]2(CC(=O)O)CCN(CC(=O)O)CCN(CC(=O)O)C(Cc3ccc(CC(=S)CCCCCCCCC(=O)NCCCC[C@H](NC(=O)N[C@@H](CCC(=O)O)C(=O)O)C(=O)O)cc3)C[N+]1(CC(=O)O)CC2. The Kier molecular flexibility index (Phi) is 25.4. The maximum atomic E-state index is 12.5. The van der Waals surface area contributed by atoms with Gasteiger partial charge in [-0.1, -0.05) is 62.2 Å². The maximum Gasteiger partial charge on any atom is 0.359 e. The van der Waals surface area contributed by atoms with Crippen LogP contribution in [0, 0.1) is 0 Å². The first-order valence-corrected chi connectivity index (χ1v) is 25.1. The third-order valence-corrected chi connectivity index (χ3v) is 14.3. The highest BCUT2D eigenvalue weighted by atomic mass is 32.1. The lowest BCUT2D eigenvalue weighted by Crippen LogP contribution is -2.66. The van der Waals surface area contributed by atoms with Crippen LogP contribution in [0.3, 0.4) is 0 Å². The smallest absolute Gasteiger partial charge is 0.359 e. The number of hydrogen-bond donors (Lipinski definition) is 10. The molecule has 0 saturated carbocycles. The van der Waals surface area contributed by atoms with Crippen molar-refractivity contribution in [2.24, 2.45) is 0 Å². The predicted octanol–water partition coefficient (Wildman–Crippen LogP) is 1.94. The van der Waals surface area contributed by atoms with Gasteiger partial charge in [-0.05, 0) is 67.4 Å². The van der Waals surface area contributed by atoms with Crippen LogP contribution in [0.4, 0.5) is 4.79 Å². The van der Waals surface area contributed by atoms with E-state index >= 15 is 0 Å². The van der Waals surface area contributed by atoms with Crippen molar-refractivity contribution in [1.29, 1.82) is 0 Å². The molecule has 2 saturated heterocycles. The van der Waals surface area contributed by atoms with Crippen LogP contribution in [0.25, 0.3) is 0 Å². The van der Waals surface area contributed by atoms with Crippen LogP contribution in [0.15, 0.2) is 24.3 Å². The molecule has 3 rings (SSSR count). The van der Waals surface area contributed by atoms with E-state index in [9.17, 15) is 73.8 Å². The fourth-order valence-electron chi connectivity index (χ4n) is 9.93. The van der Waals surface area contributed by atoms with E-state index in [1.54, 1.807) is 9.80 Å². The molecule has 72 heavy (non-hydrogen) atoms. The maximum absolute atomic E-state index is 12.5. The van der Waals surface area contributed by atoms with Gasteiger partial charge in [0.15, 0.2) is 13.1 Å². The van der Waals surface area contributed by atoms with Gasteiger partial charge in [-0.2, -0.15) is 0 Å². The minimum Gasteiger partial charge on any atom is -0.481 e. The summed E-state index contributed by atoms with van der Waals surface area (Å²) >= 11 is 5.74. The van der Waals surface area contributed by atoms with Crippen LogP contribution < -0.4 is 16.0 Å². The van der Waals surface area contributed by atoms with Gasteiger partial charge < -0.3 is 51.7 Å². The van der Waals surface area contributed by atoms with Crippen molar-refractivity contribution in [2.45, 2.75) is 128 Å². The van der Waals surface area contributed by atoms with E-state index in [-0.39, 0.29) is 80.1 Å². The Labute approximate surface area is 424 Å². The minimum absolute atomic E-state index is 0.0316. The molecule has 2 aliphatic heterocycles. The molecular weight excluding hydrogens is 963 g/mol. The topological polar surface area (TPSA) is 338 Å². The molecule has 10 N–H and O–H groups in total. The molecule has 1 aromatic rings. The summed E-state index contributed by atoms with van der Waals surface area (Å²) in [4.78, 5) is 111. The van der Waals surface area contributed by atoms with Gasteiger partial charge >= 0.3 is 47.8 Å². The quantitative estimate of drug-likeness (QED) is 0.0273. The third kappa shape index (κ3) is 21.5. The number of thiocarbonyl (C=S) groups is 1. The van der Waals surface area contributed by atoms with Crippen molar-refractivity contribution in [3.63, 3.8) is 0 Å². The largest absolute Gasteiger partial charge is 0.481 e. The Morgan fingerprint density at radius 1 is 0.611 bits per heavy atom. The Morgan fingerprint density at radius 3 is 1.75 bits per heavy atom. The molecule has 6 atom stereocenters. The molecule has 2 bridgehead atoms. The van der Waals surface area contributed by atoms with E-state index in [0.717, 1.165) is 54.5 Å². The first kappa shape index (κ1) is 60.5.